The van der Waals surface area contributed by atoms with Crippen LogP contribution in [0.5, 0.6) is 0 Å². The zero-order valence-corrected chi connectivity index (χ0v) is 13.3. The summed E-state index contributed by atoms with van der Waals surface area (Å²) >= 11 is 2.27. The number of rotatable bonds is 3. The molecule has 0 aromatic heterocycles. The van der Waals surface area contributed by atoms with Gasteiger partial charge in [-0.05, 0) is 19.4 Å². The summed E-state index contributed by atoms with van der Waals surface area (Å²) in [4.78, 5) is 13.9. The second-order valence-corrected chi connectivity index (χ2v) is 5.86. The summed E-state index contributed by atoms with van der Waals surface area (Å²) in [5, 5.41) is 0. The zero-order valence-electron chi connectivity index (χ0n) is 11.1. The summed E-state index contributed by atoms with van der Waals surface area (Å²) in [5.74, 6) is 0. The van der Waals surface area contributed by atoms with Crippen LogP contribution in [0.25, 0.3) is 0 Å². The number of alkyl halides is 1. The van der Waals surface area contributed by atoms with Crippen molar-refractivity contribution in [2.45, 2.75) is 32.2 Å². The van der Waals surface area contributed by atoms with Gasteiger partial charge >= 0.3 is 6.09 Å². The van der Waals surface area contributed by atoms with Gasteiger partial charge in [-0.2, -0.15) is 0 Å². The molecule has 1 aliphatic heterocycles. The van der Waals surface area contributed by atoms with Gasteiger partial charge in [-0.25, -0.2) is 4.79 Å². The molecule has 0 aliphatic carbocycles. The molecule has 0 saturated carbocycles. The lowest BCUT2D eigenvalue weighted by molar-refractivity contribution is -0.0484. The Morgan fingerprint density at radius 1 is 1.47 bits per heavy atom. The molecule has 1 saturated heterocycles. The monoisotopic (exact) mass is 375 g/mol. The number of benzene rings is 1. The van der Waals surface area contributed by atoms with E-state index in [1.165, 1.54) is 0 Å². The van der Waals surface area contributed by atoms with Gasteiger partial charge < -0.3 is 9.47 Å². The summed E-state index contributed by atoms with van der Waals surface area (Å²) in [6.45, 7) is 4.64. The largest absolute Gasteiger partial charge is 0.444 e. The molecular formula is C14H18INO3. The topological polar surface area (TPSA) is 38.8 Å². The molecule has 19 heavy (non-hydrogen) atoms. The Morgan fingerprint density at radius 3 is 2.79 bits per heavy atom. The Labute approximate surface area is 127 Å². The molecule has 1 aromatic carbocycles. The molecule has 1 aliphatic rings. The van der Waals surface area contributed by atoms with Crippen LogP contribution < -0.4 is 0 Å². The zero-order chi connectivity index (χ0) is 13.9. The van der Waals surface area contributed by atoms with Gasteiger partial charge in [0.05, 0.1) is 12.6 Å². The van der Waals surface area contributed by atoms with E-state index in [1.807, 2.05) is 44.2 Å². The Bertz CT molecular complexity index is 436. The SMILES string of the molecule is CC1(C)OC[C@H](CI)N1C(=O)OCc1ccccc1. The van der Waals surface area contributed by atoms with Crippen LogP contribution in [-0.2, 0) is 16.1 Å². The highest BCUT2D eigenvalue weighted by molar-refractivity contribution is 14.1. The maximum atomic E-state index is 12.2. The number of nitrogens with zero attached hydrogens (tertiary/aromatic N) is 1. The average molecular weight is 375 g/mol. The third-order valence-corrected chi connectivity index (χ3v) is 4.17. The standard InChI is InChI=1S/C14H18INO3/c1-14(2)16(12(8-15)10-19-14)13(17)18-9-11-6-4-3-5-7-11/h3-7,12H,8-10H2,1-2H3/t12-/m0/s1. The summed E-state index contributed by atoms with van der Waals surface area (Å²) in [7, 11) is 0. The van der Waals surface area contributed by atoms with Crippen LogP contribution in [0.1, 0.15) is 19.4 Å². The number of hydrogen-bond acceptors (Lipinski definition) is 3. The van der Waals surface area contributed by atoms with E-state index in [9.17, 15) is 4.79 Å². The summed E-state index contributed by atoms with van der Waals surface area (Å²) in [5.41, 5.74) is 0.392. The first-order valence-corrected chi connectivity index (χ1v) is 7.77. The van der Waals surface area contributed by atoms with E-state index in [4.69, 9.17) is 9.47 Å². The highest BCUT2D eigenvalue weighted by atomic mass is 127. The van der Waals surface area contributed by atoms with Crippen molar-refractivity contribution in [3.05, 3.63) is 35.9 Å². The number of carbonyl (C=O) groups is 1. The van der Waals surface area contributed by atoms with Gasteiger partial charge in [0.1, 0.15) is 12.3 Å². The number of ether oxygens (including phenoxy) is 2. The predicted molar refractivity (Wildman–Crippen MR) is 81.2 cm³/mol. The smallest absolute Gasteiger partial charge is 0.412 e. The third kappa shape index (κ3) is 3.39. The third-order valence-electron chi connectivity index (χ3n) is 3.15. The minimum absolute atomic E-state index is 0.0823. The first-order valence-electron chi connectivity index (χ1n) is 6.24. The van der Waals surface area contributed by atoms with Crippen LogP contribution in [0.4, 0.5) is 4.79 Å². The molecule has 1 atom stereocenters. The van der Waals surface area contributed by atoms with E-state index >= 15 is 0 Å². The maximum absolute atomic E-state index is 12.2. The molecule has 0 N–H and O–H groups in total. The first-order chi connectivity index (χ1) is 9.04. The molecule has 0 bridgehead atoms. The summed E-state index contributed by atoms with van der Waals surface area (Å²) in [6.07, 6.45) is -0.312. The second kappa shape index (κ2) is 6.09. The van der Waals surface area contributed by atoms with Crippen molar-refractivity contribution in [3.63, 3.8) is 0 Å². The van der Waals surface area contributed by atoms with Crippen molar-refractivity contribution < 1.29 is 14.3 Å². The number of amides is 1. The first kappa shape index (κ1) is 14.6. The maximum Gasteiger partial charge on any atom is 0.412 e. The van der Waals surface area contributed by atoms with E-state index in [2.05, 4.69) is 22.6 Å². The van der Waals surface area contributed by atoms with Crippen LogP contribution in [-0.4, -0.2) is 33.8 Å². The van der Waals surface area contributed by atoms with E-state index in [0.29, 0.717) is 13.2 Å². The van der Waals surface area contributed by atoms with Gasteiger partial charge in [0, 0.05) is 4.43 Å². The molecule has 0 spiro atoms. The quantitative estimate of drug-likeness (QED) is 0.602. The number of halogens is 1. The summed E-state index contributed by atoms with van der Waals surface area (Å²) in [6, 6.07) is 9.76. The van der Waals surface area contributed by atoms with Crippen molar-refractivity contribution >= 4 is 28.7 Å². The van der Waals surface area contributed by atoms with Gasteiger partial charge in [-0.3, -0.25) is 4.90 Å². The molecule has 1 amide bonds. The molecule has 4 nitrogen and oxygen atoms in total. The predicted octanol–water partition coefficient (Wildman–Crippen LogP) is 3.20. The van der Waals surface area contributed by atoms with Gasteiger partial charge in [0.25, 0.3) is 0 Å². The van der Waals surface area contributed by atoms with Crippen molar-refractivity contribution in [3.8, 4) is 0 Å². The number of hydrogen-bond donors (Lipinski definition) is 0. The van der Waals surface area contributed by atoms with Gasteiger partial charge in [-0.1, -0.05) is 52.9 Å². The van der Waals surface area contributed by atoms with Crippen molar-refractivity contribution in [2.75, 3.05) is 11.0 Å². The van der Waals surface area contributed by atoms with Crippen LogP contribution in [0.3, 0.4) is 0 Å². The van der Waals surface area contributed by atoms with Crippen LogP contribution >= 0.6 is 22.6 Å². The Hall–Kier alpha value is -0.820. The van der Waals surface area contributed by atoms with E-state index < -0.39 is 5.72 Å². The molecule has 2 rings (SSSR count). The molecule has 0 radical (unpaired) electrons. The molecule has 0 unspecified atom stereocenters. The summed E-state index contributed by atoms with van der Waals surface area (Å²) < 4.78 is 11.9. The average Bonchev–Trinajstić information content (AvgIpc) is 2.72. The van der Waals surface area contributed by atoms with Crippen LogP contribution in [0, 0.1) is 0 Å². The Balaban J connectivity index is 1.99. The lowest BCUT2D eigenvalue weighted by Crippen LogP contribution is -2.48. The molecule has 1 heterocycles. The van der Waals surface area contributed by atoms with E-state index in [1.54, 1.807) is 4.90 Å². The van der Waals surface area contributed by atoms with Crippen molar-refractivity contribution in [2.24, 2.45) is 0 Å². The van der Waals surface area contributed by atoms with Crippen LogP contribution in [0.15, 0.2) is 30.3 Å². The highest BCUT2D eigenvalue weighted by Crippen LogP contribution is 2.29. The molecule has 1 aromatic rings. The lowest BCUT2D eigenvalue weighted by Gasteiger charge is -2.32. The Kier molecular flexibility index (Phi) is 4.67. The molecular weight excluding hydrogens is 357 g/mol. The highest BCUT2D eigenvalue weighted by Gasteiger charge is 2.44. The van der Waals surface area contributed by atoms with Crippen molar-refractivity contribution in [1.29, 1.82) is 0 Å². The van der Waals surface area contributed by atoms with E-state index in [0.717, 1.165) is 9.99 Å². The minimum atomic E-state index is -0.594. The minimum Gasteiger partial charge on any atom is -0.444 e. The number of carbonyl (C=O) groups excluding carboxylic acids is 1. The van der Waals surface area contributed by atoms with Gasteiger partial charge in [0.2, 0.25) is 0 Å². The molecule has 104 valence electrons. The normalized spacial score (nSPS) is 21.4. The second-order valence-electron chi connectivity index (χ2n) is 4.98. The fraction of sp³-hybridized carbons (Fsp3) is 0.500. The molecule has 5 heteroatoms. The van der Waals surface area contributed by atoms with Gasteiger partial charge in [0.15, 0.2) is 0 Å². The van der Waals surface area contributed by atoms with Crippen molar-refractivity contribution in [1.82, 2.24) is 4.90 Å². The van der Waals surface area contributed by atoms with Crippen LogP contribution in [0.2, 0.25) is 0 Å². The lowest BCUT2D eigenvalue weighted by atomic mass is 10.2. The van der Waals surface area contributed by atoms with Gasteiger partial charge in [-0.15, -0.1) is 0 Å². The fourth-order valence-corrected chi connectivity index (χ4v) is 2.80. The fourth-order valence-electron chi connectivity index (χ4n) is 2.16. The van der Waals surface area contributed by atoms with E-state index in [-0.39, 0.29) is 12.1 Å². The Morgan fingerprint density at radius 2 is 2.16 bits per heavy atom. The molecule has 1 fully saturated rings.